The summed E-state index contributed by atoms with van der Waals surface area (Å²) in [5.41, 5.74) is -0.340. The van der Waals surface area contributed by atoms with Gasteiger partial charge < -0.3 is 24.8 Å². The van der Waals surface area contributed by atoms with Crippen LogP contribution in [-0.4, -0.2) is 64.8 Å². The van der Waals surface area contributed by atoms with Gasteiger partial charge in [-0.1, -0.05) is 49.6 Å². The Morgan fingerprint density at radius 1 is 1.21 bits per heavy atom. The predicted octanol–water partition coefficient (Wildman–Crippen LogP) is 2.11. The van der Waals surface area contributed by atoms with E-state index in [1.807, 2.05) is 30.3 Å². The van der Waals surface area contributed by atoms with Gasteiger partial charge >= 0.3 is 5.97 Å². The molecule has 34 heavy (non-hydrogen) atoms. The van der Waals surface area contributed by atoms with Crippen LogP contribution in [0.4, 0.5) is 0 Å². The van der Waals surface area contributed by atoms with Gasteiger partial charge in [0.25, 0.3) is 0 Å². The number of carbonyl (C=O) groups is 3. The SMILES string of the molecule is CCOC(=O)[C@@H]1[C@@H]2CC[C@]3(O2)[C@H](C(=O)NC2CCCCC2)N([C@H](CO)c2ccccc2)C(=O)[C@@H]13. The Labute approximate surface area is 200 Å². The highest BCUT2D eigenvalue weighted by molar-refractivity contribution is 5.98. The minimum absolute atomic E-state index is 0.0670. The van der Waals surface area contributed by atoms with Gasteiger partial charge in [-0.05, 0) is 38.2 Å². The molecule has 2 bridgehead atoms. The number of likely N-dealkylation sites (tertiary alicyclic amines) is 1. The summed E-state index contributed by atoms with van der Waals surface area (Å²) in [6, 6.07) is 7.70. The lowest BCUT2D eigenvalue weighted by Gasteiger charge is -2.38. The van der Waals surface area contributed by atoms with Gasteiger partial charge in [0.05, 0.1) is 37.2 Å². The zero-order valence-corrected chi connectivity index (χ0v) is 19.7. The fourth-order valence-corrected chi connectivity index (χ4v) is 6.79. The topological polar surface area (TPSA) is 105 Å². The van der Waals surface area contributed by atoms with Crippen molar-refractivity contribution >= 4 is 17.8 Å². The van der Waals surface area contributed by atoms with E-state index in [2.05, 4.69) is 5.32 Å². The predicted molar refractivity (Wildman–Crippen MR) is 122 cm³/mol. The van der Waals surface area contributed by atoms with E-state index in [0.29, 0.717) is 12.8 Å². The Kier molecular flexibility index (Phi) is 6.37. The molecule has 6 atom stereocenters. The van der Waals surface area contributed by atoms with E-state index in [9.17, 15) is 19.5 Å². The minimum atomic E-state index is -1.08. The van der Waals surface area contributed by atoms with Crippen molar-refractivity contribution in [2.45, 2.75) is 81.7 Å². The van der Waals surface area contributed by atoms with Crippen molar-refractivity contribution in [3.63, 3.8) is 0 Å². The third-order valence-corrected chi connectivity index (χ3v) is 8.19. The van der Waals surface area contributed by atoms with Crippen molar-refractivity contribution in [3.05, 3.63) is 35.9 Å². The summed E-state index contributed by atoms with van der Waals surface area (Å²) in [6.07, 6.45) is 5.83. The number of nitrogens with one attached hydrogen (secondary N) is 1. The van der Waals surface area contributed by atoms with Crippen LogP contribution in [0.1, 0.15) is 63.5 Å². The van der Waals surface area contributed by atoms with Gasteiger partial charge in [-0.2, -0.15) is 0 Å². The zero-order valence-electron chi connectivity index (χ0n) is 19.7. The first-order valence-electron chi connectivity index (χ1n) is 12.6. The average molecular weight is 471 g/mol. The van der Waals surface area contributed by atoms with Crippen LogP contribution in [0.5, 0.6) is 0 Å². The van der Waals surface area contributed by atoms with E-state index in [1.54, 1.807) is 6.92 Å². The smallest absolute Gasteiger partial charge is 0.312 e. The van der Waals surface area contributed by atoms with Crippen LogP contribution < -0.4 is 5.32 Å². The molecule has 3 saturated heterocycles. The molecule has 4 fully saturated rings. The number of aliphatic hydroxyl groups excluding tert-OH is 1. The van der Waals surface area contributed by atoms with Crippen LogP contribution in [0.15, 0.2) is 30.3 Å². The van der Waals surface area contributed by atoms with Crippen molar-refractivity contribution < 1.29 is 29.0 Å². The molecule has 5 rings (SSSR count). The largest absolute Gasteiger partial charge is 0.466 e. The van der Waals surface area contributed by atoms with Gasteiger partial charge in [0.15, 0.2) is 0 Å². The summed E-state index contributed by atoms with van der Waals surface area (Å²) in [6.45, 7) is 1.62. The molecule has 2 N–H and O–H groups in total. The number of hydrogen-bond donors (Lipinski definition) is 2. The lowest BCUT2D eigenvalue weighted by Crippen LogP contribution is -2.57. The van der Waals surface area contributed by atoms with Crippen molar-refractivity contribution in [2.75, 3.05) is 13.2 Å². The number of hydrogen-bond acceptors (Lipinski definition) is 6. The molecular weight excluding hydrogens is 436 g/mol. The molecule has 1 spiro atoms. The third-order valence-electron chi connectivity index (χ3n) is 8.19. The number of ether oxygens (including phenoxy) is 2. The molecule has 0 aromatic heterocycles. The van der Waals surface area contributed by atoms with E-state index in [-0.39, 0.29) is 31.1 Å². The Hall–Kier alpha value is -2.45. The standard InChI is InChI=1S/C26H34N2O6/c1-2-33-25(32)20-19-13-14-26(34-19)21(20)24(31)28(18(15-29)16-9-5-3-6-10-16)22(26)23(30)27-17-11-7-4-8-12-17/h3,5-6,9-10,17-22,29H,2,4,7-8,11-15H2,1H3,(H,27,30)/t18-,19+,20-,21-,22+,26-/m1/s1. The molecule has 1 aromatic carbocycles. The van der Waals surface area contributed by atoms with Crippen LogP contribution in [0.2, 0.25) is 0 Å². The lowest BCUT2D eigenvalue weighted by molar-refractivity contribution is -0.155. The molecule has 8 heteroatoms. The molecule has 2 amide bonds. The molecule has 184 valence electrons. The van der Waals surface area contributed by atoms with Crippen molar-refractivity contribution in [1.82, 2.24) is 10.2 Å². The maximum absolute atomic E-state index is 14.0. The van der Waals surface area contributed by atoms with Crippen LogP contribution in [-0.2, 0) is 23.9 Å². The highest BCUT2D eigenvalue weighted by Crippen LogP contribution is 2.59. The molecule has 3 heterocycles. The molecule has 1 saturated carbocycles. The molecular formula is C26H34N2O6. The van der Waals surface area contributed by atoms with E-state index in [4.69, 9.17) is 9.47 Å². The maximum atomic E-state index is 14.0. The van der Waals surface area contributed by atoms with Crippen LogP contribution in [0.25, 0.3) is 0 Å². The van der Waals surface area contributed by atoms with Gasteiger partial charge in [0, 0.05) is 6.04 Å². The fraction of sp³-hybridized carbons (Fsp3) is 0.654. The van der Waals surface area contributed by atoms with Crippen LogP contribution in [0.3, 0.4) is 0 Å². The summed E-state index contributed by atoms with van der Waals surface area (Å²) in [7, 11) is 0. The van der Waals surface area contributed by atoms with Gasteiger partial charge in [0.2, 0.25) is 11.8 Å². The summed E-state index contributed by atoms with van der Waals surface area (Å²) >= 11 is 0. The number of carbonyl (C=O) groups excluding carboxylic acids is 3. The first-order chi connectivity index (χ1) is 16.5. The average Bonchev–Trinajstić information content (AvgIpc) is 3.49. The van der Waals surface area contributed by atoms with Crippen molar-refractivity contribution in [1.29, 1.82) is 0 Å². The maximum Gasteiger partial charge on any atom is 0.312 e. The number of esters is 1. The van der Waals surface area contributed by atoms with Crippen LogP contribution in [0, 0.1) is 11.8 Å². The number of fused-ring (bicyclic) bond motifs is 1. The van der Waals surface area contributed by atoms with Gasteiger partial charge in [0.1, 0.15) is 11.6 Å². The number of nitrogens with zero attached hydrogens (tertiary/aromatic N) is 1. The zero-order chi connectivity index (χ0) is 23.9. The van der Waals surface area contributed by atoms with Gasteiger partial charge in [-0.3, -0.25) is 14.4 Å². The second-order valence-corrected chi connectivity index (χ2v) is 10.0. The summed E-state index contributed by atoms with van der Waals surface area (Å²) < 4.78 is 11.7. The monoisotopic (exact) mass is 470 g/mol. The van der Waals surface area contributed by atoms with E-state index in [1.165, 1.54) is 11.3 Å². The number of benzene rings is 1. The number of rotatable bonds is 7. The molecule has 1 aromatic rings. The molecule has 0 radical (unpaired) electrons. The highest BCUT2D eigenvalue weighted by Gasteiger charge is 2.75. The number of amides is 2. The lowest BCUT2D eigenvalue weighted by atomic mass is 9.70. The Bertz CT molecular complexity index is 932. The van der Waals surface area contributed by atoms with Crippen LogP contribution >= 0.6 is 0 Å². The summed E-state index contributed by atoms with van der Waals surface area (Å²) in [5.74, 6) is -2.52. The Morgan fingerprint density at radius 2 is 1.94 bits per heavy atom. The minimum Gasteiger partial charge on any atom is -0.466 e. The highest BCUT2D eigenvalue weighted by atomic mass is 16.6. The molecule has 4 aliphatic rings. The second-order valence-electron chi connectivity index (χ2n) is 10.0. The molecule has 3 aliphatic heterocycles. The van der Waals surface area contributed by atoms with Crippen molar-refractivity contribution in [2.24, 2.45) is 11.8 Å². The van der Waals surface area contributed by atoms with E-state index >= 15 is 0 Å². The molecule has 0 unspecified atom stereocenters. The van der Waals surface area contributed by atoms with E-state index < -0.39 is 41.6 Å². The Morgan fingerprint density at radius 3 is 2.62 bits per heavy atom. The Balaban J connectivity index is 1.54. The summed E-state index contributed by atoms with van der Waals surface area (Å²) in [5, 5.41) is 13.6. The molecule has 8 nitrogen and oxygen atoms in total. The molecule has 1 aliphatic carbocycles. The third kappa shape index (κ3) is 3.62. The number of aliphatic hydroxyl groups is 1. The summed E-state index contributed by atoms with van der Waals surface area (Å²) in [4.78, 5) is 42.3. The quantitative estimate of drug-likeness (QED) is 0.592. The normalized spacial score (nSPS) is 33.6. The fourth-order valence-electron chi connectivity index (χ4n) is 6.79. The van der Waals surface area contributed by atoms with Gasteiger partial charge in [-0.15, -0.1) is 0 Å². The first-order valence-corrected chi connectivity index (χ1v) is 12.6. The van der Waals surface area contributed by atoms with Crippen molar-refractivity contribution in [3.8, 4) is 0 Å². The van der Waals surface area contributed by atoms with E-state index in [0.717, 1.165) is 31.2 Å². The van der Waals surface area contributed by atoms with Gasteiger partial charge in [-0.25, -0.2) is 0 Å². The first kappa shape index (κ1) is 23.3. The second kappa shape index (κ2) is 9.30.